The fourth-order valence-corrected chi connectivity index (χ4v) is 0.757. The molecular formula is C6H11N3S. The summed E-state index contributed by atoms with van der Waals surface area (Å²) >= 11 is 4.81. The summed E-state index contributed by atoms with van der Waals surface area (Å²) in [5.74, 6) is 0. The van der Waals surface area contributed by atoms with Gasteiger partial charge in [0.1, 0.15) is 6.33 Å². The van der Waals surface area contributed by atoms with E-state index < -0.39 is 0 Å². The number of hydrogen-bond donors (Lipinski definition) is 1. The number of rotatable bonds is 0. The first-order valence-electron chi connectivity index (χ1n) is 3.14. The molecule has 0 amide bonds. The highest BCUT2D eigenvalue weighted by Crippen LogP contribution is 2.09. The minimum Gasteiger partial charge on any atom is -0.271 e. The maximum absolute atomic E-state index is 4.81. The molecule has 1 aromatic rings. The zero-order chi connectivity index (χ0) is 7.78. The minimum atomic E-state index is 0.0457. The van der Waals surface area contributed by atoms with Gasteiger partial charge in [-0.2, -0.15) is 0 Å². The van der Waals surface area contributed by atoms with Crippen LogP contribution in [0.3, 0.4) is 0 Å². The molecule has 0 atom stereocenters. The van der Waals surface area contributed by atoms with Crippen LogP contribution in [-0.2, 0) is 5.54 Å². The zero-order valence-corrected chi connectivity index (χ0v) is 7.20. The van der Waals surface area contributed by atoms with Gasteiger partial charge in [0.15, 0.2) is 0 Å². The molecule has 4 heteroatoms. The van der Waals surface area contributed by atoms with Crippen molar-refractivity contribution in [2.45, 2.75) is 26.3 Å². The predicted octanol–water partition coefficient (Wildman–Crippen LogP) is 1.70. The lowest BCUT2D eigenvalue weighted by atomic mass is 10.1. The van der Waals surface area contributed by atoms with E-state index in [1.807, 2.05) is 4.68 Å². The van der Waals surface area contributed by atoms with E-state index in [9.17, 15) is 0 Å². The topological polar surface area (TPSA) is 33.6 Å². The van der Waals surface area contributed by atoms with Crippen LogP contribution in [0, 0.1) is 4.77 Å². The van der Waals surface area contributed by atoms with Gasteiger partial charge in [-0.25, -0.2) is 4.98 Å². The highest BCUT2D eigenvalue weighted by molar-refractivity contribution is 7.71. The maximum atomic E-state index is 4.81. The van der Waals surface area contributed by atoms with Gasteiger partial charge in [0.2, 0.25) is 4.77 Å². The Balaban J connectivity index is 3.07. The molecule has 0 saturated heterocycles. The van der Waals surface area contributed by atoms with Gasteiger partial charge in [0.25, 0.3) is 0 Å². The lowest BCUT2D eigenvalue weighted by Crippen LogP contribution is -2.22. The Kier molecular flexibility index (Phi) is 1.64. The summed E-state index contributed by atoms with van der Waals surface area (Å²) in [5.41, 5.74) is 0.0457. The van der Waals surface area contributed by atoms with Crippen molar-refractivity contribution in [2.75, 3.05) is 0 Å². The second-order valence-electron chi connectivity index (χ2n) is 3.20. The number of H-pyrrole nitrogens is 1. The van der Waals surface area contributed by atoms with E-state index in [4.69, 9.17) is 12.2 Å². The summed E-state index contributed by atoms with van der Waals surface area (Å²) in [6, 6.07) is 0. The Morgan fingerprint density at radius 2 is 2.20 bits per heavy atom. The summed E-state index contributed by atoms with van der Waals surface area (Å²) in [6.45, 7) is 6.25. The molecule has 1 aromatic heterocycles. The van der Waals surface area contributed by atoms with Gasteiger partial charge in [0.05, 0.1) is 5.54 Å². The standard InChI is InChI=1S/C6H11N3S/c1-6(2,3)9-4-7-5(10)8-9/h4H,1-3H3,(H,8,10). The highest BCUT2D eigenvalue weighted by Gasteiger charge is 2.11. The normalized spacial score (nSPS) is 11.9. The fourth-order valence-electron chi connectivity index (χ4n) is 0.612. The van der Waals surface area contributed by atoms with Crippen LogP contribution in [0.5, 0.6) is 0 Å². The van der Waals surface area contributed by atoms with Crippen LogP contribution in [0.2, 0.25) is 0 Å². The van der Waals surface area contributed by atoms with Crippen molar-refractivity contribution in [3.05, 3.63) is 11.1 Å². The molecule has 0 spiro atoms. The Hall–Kier alpha value is -0.640. The summed E-state index contributed by atoms with van der Waals surface area (Å²) in [4.78, 5) is 3.91. The molecule has 10 heavy (non-hydrogen) atoms. The van der Waals surface area contributed by atoms with Crippen LogP contribution < -0.4 is 0 Å². The monoisotopic (exact) mass is 157 g/mol. The van der Waals surface area contributed by atoms with E-state index in [-0.39, 0.29) is 5.54 Å². The Morgan fingerprint density at radius 3 is 2.40 bits per heavy atom. The smallest absolute Gasteiger partial charge is 0.213 e. The average molecular weight is 157 g/mol. The average Bonchev–Trinajstić information content (AvgIpc) is 2.11. The third-order valence-electron chi connectivity index (χ3n) is 1.23. The molecule has 0 unspecified atom stereocenters. The molecule has 0 aliphatic rings. The van der Waals surface area contributed by atoms with Gasteiger partial charge in [0, 0.05) is 0 Å². The van der Waals surface area contributed by atoms with Gasteiger partial charge in [-0.3, -0.25) is 9.78 Å². The van der Waals surface area contributed by atoms with Crippen molar-refractivity contribution >= 4 is 12.2 Å². The molecule has 0 saturated carbocycles. The highest BCUT2D eigenvalue weighted by atomic mass is 32.1. The second-order valence-corrected chi connectivity index (χ2v) is 3.59. The molecule has 1 N–H and O–H groups in total. The van der Waals surface area contributed by atoms with Crippen LogP contribution in [0.4, 0.5) is 0 Å². The van der Waals surface area contributed by atoms with Crippen LogP contribution in [0.25, 0.3) is 0 Å². The van der Waals surface area contributed by atoms with E-state index in [2.05, 4.69) is 30.9 Å². The van der Waals surface area contributed by atoms with Crippen LogP contribution in [0.1, 0.15) is 20.8 Å². The van der Waals surface area contributed by atoms with Crippen molar-refractivity contribution < 1.29 is 0 Å². The minimum absolute atomic E-state index is 0.0457. The molecule has 0 bridgehead atoms. The van der Waals surface area contributed by atoms with Crippen molar-refractivity contribution in [3.8, 4) is 0 Å². The van der Waals surface area contributed by atoms with E-state index in [0.717, 1.165) is 0 Å². The van der Waals surface area contributed by atoms with Crippen LogP contribution >= 0.6 is 12.2 Å². The Labute approximate surface area is 65.1 Å². The summed E-state index contributed by atoms with van der Waals surface area (Å²) in [7, 11) is 0. The molecule has 0 aliphatic carbocycles. The quantitative estimate of drug-likeness (QED) is 0.581. The third-order valence-corrected chi connectivity index (χ3v) is 1.43. The first kappa shape index (κ1) is 7.47. The lowest BCUT2D eigenvalue weighted by molar-refractivity contribution is 0.354. The molecule has 3 nitrogen and oxygen atoms in total. The number of aromatic amines is 1. The first-order chi connectivity index (χ1) is 4.50. The summed E-state index contributed by atoms with van der Waals surface area (Å²) in [6.07, 6.45) is 1.71. The first-order valence-corrected chi connectivity index (χ1v) is 3.55. The number of nitrogens with zero attached hydrogens (tertiary/aromatic N) is 2. The largest absolute Gasteiger partial charge is 0.271 e. The van der Waals surface area contributed by atoms with E-state index >= 15 is 0 Å². The van der Waals surface area contributed by atoms with Gasteiger partial charge in [-0.05, 0) is 33.0 Å². The molecule has 1 heterocycles. The lowest BCUT2D eigenvalue weighted by Gasteiger charge is -2.18. The number of nitrogens with one attached hydrogen (secondary N) is 1. The van der Waals surface area contributed by atoms with Gasteiger partial charge in [-0.1, -0.05) is 0 Å². The molecule has 1 rings (SSSR count). The molecule has 0 aliphatic heterocycles. The molecule has 0 fully saturated rings. The maximum Gasteiger partial charge on any atom is 0.213 e. The Bertz CT molecular complexity index is 265. The molecule has 0 aromatic carbocycles. The molecule has 0 radical (unpaired) electrons. The zero-order valence-electron chi connectivity index (χ0n) is 6.38. The molecule has 56 valence electrons. The summed E-state index contributed by atoms with van der Waals surface area (Å²) < 4.78 is 2.42. The van der Waals surface area contributed by atoms with E-state index in [1.165, 1.54) is 0 Å². The van der Waals surface area contributed by atoms with Crippen LogP contribution in [-0.4, -0.2) is 14.8 Å². The van der Waals surface area contributed by atoms with Crippen LogP contribution in [0.15, 0.2) is 6.33 Å². The third kappa shape index (κ3) is 1.44. The molecular weight excluding hydrogens is 146 g/mol. The van der Waals surface area contributed by atoms with Gasteiger partial charge < -0.3 is 0 Å². The number of aromatic nitrogens is 3. The second kappa shape index (κ2) is 2.20. The van der Waals surface area contributed by atoms with Crippen molar-refractivity contribution in [3.63, 3.8) is 0 Å². The summed E-state index contributed by atoms with van der Waals surface area (Å²) in [5, 5.41) is 2.94. The predicted molar refractivity (Wildman–Crippen MR) is 42.4 cm³/mol. The fraction of sp³-hybridized carbons (Fsp3) is 0.667. The van der Waals surface area contributed by atoms with Crippen molar-refractivity contribution in [1.82, 2.24) is 14.8 Å². The van der Waals surface area contributed by atoms with Gasteiger partial charge in [-0.15, -0.1) is 0 Å². The van der Waals surface area contributed by atoms with Crippen molar-refractivity contribution in [2.24, 2.45) is 0 Å². The van der Waals surface area contributed by atoms with Crippen molar-refractivity contribution in [1.29, 1.82) is 0 Å². The Morgan fingerprint density at radius 1 is 1.60 bits per heavy atom. The van der Waals surface area contributed by atoms with E-state index in [1.54, 1.807) is 6.33 Å². The van der Waals surface area contributed by atoms with E-state index in [0.29, 0.717) is 4.77 Å². The SMILES string of the molecule is CC(C)(C)n1cnc(=S)[nH]1. The number of hydrogen-bond acceptors (Lipinski definition) is 2. The van der Waals surface area contributed by atoms with Gasteiger partial charge >= 0.3 is 0 Å².